The maximum absolute atomic E-state index is 11.9. The van der Waals surface area contributed by atoms with E-state index >= 15 is 0 Å². The Morgan fingerprint density at radius 2 is 2.19 bits per heavy atom. The molecule has 0 heterocycles. The van der Waals surface area contributed by atoms with Crippen LogP contribution in [0.3, 0.4) is 0 Å². The zero-order valence-corrected chi connectivity index (χ0v) is 9.85. The fourth-order valence-corrected chi connectivity index (χ4v) is 1.91. The summed E-state index contributed by atoms with van der Waals surface area (Å²) in [6, 6.07) is -0.0611. The quantitative estimate of drug-likeness (QED) is 0.724. The normalized spacial score (nSPS) is 19.1. The van der Waals surface area contributed by atoms with Gasteiger partial charge < -0.3 is 10.0 Å². The predicted octanol–water partition coefficient (Wildman–Crippen LogP) is 1.66. The molecule has 1 N–H and O–H groups in total. The van der Waals surface area contributed by atoms with Crippen LogP contribution in [-0.4, -0.2) is 34.5 Å². The van der Waals surface area contributed by atoms with Gasteiger partial charge in [-0.25, -0.2) is 0 Å². The molecule has 1 aliphatic carbocycles. The molecule has 0 aliphatic heterocycles. The molecule has 0 radical (unpaired) electrons. The molecule has 0 saturated carbocycles. The molecule has 0 bridgehead atoms. The monoisotopic (exact) mass is 225 g/mol. The van der Waals surface area contributed by atoms with Gasteiger partial charge in [0.25, 0.3) is 0 Å². The Hall–Kier alpha value is -1.32. The van der Waals surface area contributed by atoms with Crippen molar-refractivity contribution in [2.45, 2.75) is 39.2 Å². The van der Waals surface area contributed by atoms with Gasteiger partial charge in [0.05, 0.1) is 0 Å². The van der Waals surface area contributed by atoms with Crippen molar-refractivity contribution in [3.63, 3.8) is 0 Å². The van der Waals surface area contributed by atoms with Crippen LogP contribution in [0.5, 0.6) is 0 Å². The Morgan fingerprint density at radius 3 is 2.62 bits per heavy atom. The van der Waals surface area contributed by atoms with E-state index in [0.717, 1.165) is 12.8 Å². The molecule has 1 unspecified atom stereocenters. The molecule has 16 heavy (non-hydrogen) atoms. The molecule has 4 heteroatoms. The molecule has 0 saturated heterocycles. The molecular weight excluding hydrogens is 206 g/mol. The van der Waals surface area contributed by atoms with E-state index in [0.29, 0.717) is 12.3 Å². The van der Waals surface area contributed by atoms with Crippen molar-refractivity contribution in [1.29, 1.82) is 0 Å². The van der Waals surface area contributed by atoms with Crippen LogP contribution in [0.15, 0.2) is 12.2 Å². The van der Waals surface area contributed by atoms with Gasteiger partial charge in [0, 0.05) is 12.5 Å². The first-order chi connectivity index (χ1) is 7.50. The standard InChI is InChI=1S/C12H19NO3/c1-9(2)13(8-12(15)16)11(14)7-10-5-3-4-6-10/h3,5,9-10H,4,6-8H2,1-2H3,(H,15,16). The summed E-state index contributed by atoms with van der Waals surface area (Å²) in [7, 11) is 0. The van der Waals surface area contributed by atoms with Gasteiger partial charge in [0.15, 0.2) is 0 Å². The van der Waals surface area contributed by atoms with Crippen molar-refractivity contribution < 1.29 is 14.7 Å². The maximum Gasteiger partial charge on any atom is 0.323 e. The first-order valence-corrected chi connectivity index (χ1v) is 5.68. The van der Waals surface area contributed by atoms with E-state index < -0.39 is 5.97 Å². The third-order valence-electron chi connectivity index (χ3n) is 2.80. The van der Waals surface area contributed by atoms with Gasteiger partial charge in [-0.15, -0.1) is 0 Å². The number of amides is 1. The number of carbonyl (C=O) groups excluding carboxylic acids is 1. The second kappa shape index (κ2) is 5.68. The van der Waals surface area contributed by atoms with Crippen molar-refractivity contribution in [3.8, 4) is 0 Å². The molecule has 1 rings (SSSR count). The summed E-state index contributed by atoms with van der Waals surface area (Å²) in [5, 5.41) is 8.73. The number of aliphatic carboxylic acids is 1. The van der Waals surface area contributed by atoms with Crippen LogP contribution in [0.1, 0.15) is 33.1 Å². The Morgan fingerprint density at radius 1 is 1.50 bits per heavy atom. The Balaban J connectivity index is 2.52. The van der Waals surface area contributed by atoms with E-state index in [2.05, 4.69) is 12.2 Å². The third-order valence-corrected chi connectivity index (χ3v) is 2.80. The zero-order chi connectivity index (χ0) is 12.1. The van der Waals surface area contributed by atoms with E-state index in [4.69, 9.17) is 5.11 Å². The molecule has 0 aromatic carbocycles. The lowest BCUT2D eigenvalue weighted by atomic mass is 10.0. The van der Waals surface area contributed by atoms with E-state index in [9.17, 15) is 9.59 Å². The topological polar surface area (TPSA) is 57.6 Å². The van der Waals surface area contributed by atoms with Gasteiger partial charge in [-0.05, 0) is 32.6 Å². The number of carbonyl (C=O) groups is 2. The lowest BCUT2D eigenvalue weighted by Crippen LogP contribution is -2.41. The van der Waals surface area contributed by atoms with Crippen molar-refractivity contribution in [3.05, 3.63) is 12.2 Å². The number of allylic oxidation sites excluding steroid dienone is 2. The number of hydrogen-bond acceptors (Lipinski definition) is 2. The first-order valence-electron chi connectivity index (χ1n) is 5.68. The van der Waals surface area contributed by atoms with Crippen LogP contribution in [0.2, 0.25) is 0 Å². The molecular formula is C12H19NO3. The summed E-state index contributed by atoms with van der Waals surface area (Å²) in [6.45, 7) is 3.48. The van der Waals surface area contributed by atoms with Crippen LogP contribution >= 0.6 is 0 Å². The van der Waals surface area contributed by atoms with Crippen molar-refractivity contribution in [2.24, 2.45) is 5.92 Å². The summed E-state index contributed by atoms with van der Waals surface area (Å²) in [4.78, 5) is 24.0. The predicted molar refractivity (Wildman–Crippen MR) is 61.0 cm³/mol. The molecule has 0 aromatic rings. The van der Waals surface area contributed by atoms with Crippen molar-refractivity contribution in [2.75, 3.05) is 6.54 Å². The lowest BCUT2D eigenvalue weighted by molar-refractivity contribution is -0.146. The fourth-order valence-electron chi connectivity index (χ4n) is 1.91. The number of nitrogens with zero attached hydrogens (tertiary/aromatic N) is 1. The smallest absolute Gasteiger partial charge is 0.323 e. The summed E-state index contributed by atoms with van der Waals surface area (Å²) in [5.74, 6) is -0.722. The van der Waals surface area contributed by atoms with Crippen LogP contribution in [0, 0.1) is 5.92 Å². The van der Waals surface area contributed by atoms with Gasteiger partial charge >= 0.3 is 5.97 Å². The molecule has 0 spiro atoms. The van der Waals surface area contributed by atoms with Crippen LogP contribution in [-0.2, 0) is 9.59 Å². The van der Waals surface area contributed by atoms with Gasteiger partial charge in [0.2, 0.25) is 5.91 Å². The van der Waals surface area contributed by atoms with Gasteiger partial charge in [-0.1, -0.05) is 12.2 Å². The SMILES string of the molecule is CC(C)N(CC(=O)O)C(=O)CC1C=CCC1. The Kier molecular flexibility index (Phi) is 4.52. The molecule has 1 amide bonds. The maximum atomic E-state index is 11.9. The van der Waals surface area contributed by atoms with E-state index in [1.807, 2.05) is 13.8 Å². The van der Waals surface area contributed by atoms with Gasteiger partial charge in [0.1, 0.15) is 6.54 Å². The molecule has 90 valence electrons. The molecule has 1 atom stereocenters. The highest BCUT2D eigenvalue weighted by atomic mass is 16.4. The van der Waals surface area contributed by atoms with Crippen molar-refractivity contribution >= 4 is 11.9 Å². The largest absolute Gasteiger partial charge is 0.480 e. The number of carboxylic acid groups (broad SMARTS) is 1. The summed E-state index contributed by atoms with van der Waals surface area (Å²) >= 11 is 0. The highest BCUT2D eigenvalue weighted by molar-refractivity contribution is 5.81. The second-order valence-electron chi connectivity index (χ2n) is 4.48. The first kappa shape index (κ1) is 12.7. The third kappa shape index (κ3) is 3.68. The van der Waals surface area contributed by atoms with Crippen molar-refractivity contribution in [1.82, 2.24) is 4.90 Å². The second-order valence-corrected chi connectivity index (χ2v) is 4.48. The van der Waals surface area contributed by atoms with E-state index in [-0.39, 0.29) is 18.5 Å². The van der Waals surface area contributed by atoms with Crippen LogP contribution in [0.25, 0.3) is 0 Å². The average Bonchev–Trinajstić information content (AvgIpc) is 2.65. The van der Waals surface area contributed by atoms with Gasteiger partial charge in [-0.3, -0.25) is 9.59 Å². The highest BCUT2D eigenvalue weighted by Crippen LogP contribution is 2.21. The summed E-state index contributed by atoms with van der Waals surface area (Å²) in [6.07, 6.45) is 6.59. The molecule has 0 fully saturated rings. The van der Waals surface area contributed by atoms with E-state index in [1.54, 1.807) is 0 Å². The molecule has 4 nitrogen and oxygen atoms in total. The lowest BCUT2D eigenvalue weighted by Gasteiger charge is -2.25. The summed E-state index contributed by atoms with van der Waals surface area (Å²) < 4.78 is 0. The van der Waals surface area contributed by atoms with Crippen LogP contribution < -0.4 is 0 Å². The van der Waals surface area contributed by atoms with E-state index in [1.165, 1.54) is 4.90 Å². The summed E-state index contributed by atoms with van der Waals surface area (Å²) in [5.41, 5.74) is 0. The average molecular weight is 225 g/mol. The van der Waals surface area contributed by atoms with Crippen LogP contribution in [0.4, 0.5) is 0 Å². The number of hydrogen-bond donors (Lipinski definition) is 1. The molecule has 1 aliphatic rings. The highest BCUT2D eigenvalue weighted by Gasteiger charge is 2.22. The Bertz CT molecular complexity index is 297. The minimum absolute atomic E-state index is 0.0611. The Labute approximate surface area is 95.9 Å². The fraction of sp³-hybridized carbons (Fsp3) is 0.667. The minimum atomic E-state index is -0.955. The number of carboxylic acids is 1. The number of rotatable bonds is 5. The minimum Gasteiger partial charge on any atom is -0.480 e. The molecule has 0 aromatic heterocycles. The van der Waals surface area contributed by atoms with Gasteiger partial charge in [-0.2, -0.15) is 0 Å². The zero-order valence-electron chi connectivity index (χ0n) is 9.85.